The van der Waals surface area contributed by atoms with Gasteiger partial charge in [0, 0.05) is 12.1 Å². The van der Waals surface area contributed by atoms with Crippen LogP contribution >= 0.6 is 0 Å². The number of benzene rings is 3. The number of amides is 2. The van der Waals surface area contributed by atoms with Crippen LogP contribution in [0.25, 0.3) is 0 Å². The molecule has 0 spiro atoms. The average molecular weight is 479 g/mol. The van der Waals surface area contributed by atoms with Crippen LogP contribution < -0.4 is 10.2 Å². The van der Waals surface area contributed by atoms with E-state index in [9.17, 15) is 22.8 Å². The highest BCUT2D eigenvalue weighted by Crippen LogP contribution is 2.40. The second-order valence-electron chi connectivity index (χ2n) is 7.71. The van der Waals surface area contributed by atoms with Crippen molar-refractivity contribution in [2.75, 3.05) is 23.9 Å². The molecule has 4 rings (SSSR count). The molecule has 174 valence electrons. The second-order valence-corrected chi connectivity index (χ2v) is 9.81. The largest absolute Gasteiger partial charge is 0.465 e. The summed E-state index contributed by atoms with van der Waals surface area (Å²) in [7, 11) is -2.61. The third kappa shape index (κ3) is 4.55. The first-order chi connectivity index (χ1) is 16.3. The van der Waals surface area contributed by atoms with Gasteiger partial charge in [0.25, 0.3) is 0 Å². The first kappa shape index (κ1) is 23.2. The maximum absolute atomic E-state index is 13.5. The average Bonchev–Trinajstić information content (AvgIpc) is 2.93. The maximum atomic E-state index is 13.5. The Hall–Kier alpha value is -3.98. The molecule has 0 aliphatic carbocycles. The number of esters is 1. The van der Waals surface area contributed by atoms with Crippen molar-refractivity contribution in [1.82, 2.24) is 0 Å². The molecule has 0 fully saturated rings. The van der Waals surface area contributed by atoms with Crippen LogP contribution in [0.2, 0.25) is 0 Å². The van der Waals surface area contributed by atoms with Crippen LogP contribution in [0.4, 0.5) is 11.4 Å². The number of rotatable bonds is 5. The molecule has 1 N–H and O–H groups in total. The number of anilines is 2. The Morgan fingerprint density at radius 2 is 1.62 bits per heavy atom. The van der Waals surface area contributed by atoms with Gasteiger partial charge in [-0.15, -0.1) is 0 Å². The van der Waals surface area contributed by atoms with Crippen molar-refractivity contribution in [3.8, 4) is 0 Å². The number of hydrogen-bond donors (Lipinski definition) is 1. The molecule has 1 aliphatic heterocycles. The number of sulfone groups is 1. The fourth-order valence-electron chi connectivity index (χ4n) is 3.88. The summed E-state index contributed by atoms with van der Waals surface area (Å²) in [6.07, 6.45) is -0.290. The van der Waals surface area contributed by atoms with E-state index in [1.54, 1.807) is 42.5 Å². The zero-order valence-electron chi connectivity index (χ0n) is 18.3. The Morgan fingerprint density at radius 1 is 0.971 bits per heavy atom. The lowest BCUT2D eigenvalue weighted by Crippen LogP contribution is -2.38. The van der Waals surface area contributed by atoms with E-state index >= 15 is 0 Å². The predicted molar refractivity (Wildman–Crippen MR) is 126 cm³/mol. The van der Waals surface area contributed by atoms with E-state index in [0.29, 0.717) is 16.8 Å². The molecule has 0 saturated heterocycles. The smallest absolute Gasteiger partial charge is 0.337 e. The van der Waals surface area contributed by atoms with Gasteiger partial charge in [0.1, 0.15) is 6.54 Å². The molecule has 9 heteroatoms. The Morgan fingerprint density at radius 3 is 2.29 bits per heavy atom. The summed E-state index contributed by atoms with van der Waals surface area (Å²) in [5.41, 5.74) is 1.43. The van der Waals surface area contributed by atoms with Crippen LogP contribution in [-0.2, 0) is 24.2 Å². The number of nitrogens with one attached hydrogen (secondary N) is 1. The maximum Gasteiger partial charge on any atom is 0.337 e. The zero-order valence-corrected chi connectivity index (χ0v) is 19.1. The van der Waals surface area contributed by atoms with E-state index in [-0.39, 0.29) is 23.5 Å². The van der Waals surface area contributed by atoms with Gasteiger partial charge in [-0.25, -0.2) is 13.2 Å². The van der Waals surface area contributed by atoms with Crippen LogP contribution in [0.15, 0.2) is 83.8 Å². The van der Waals surface area contributed by atoms with E-state index in [1.165, 1.54) is 48.4 Å². The molecule has 1 heterocycles. The van der Waals surface area contributed by atoms with Gasteiger partial charge in [0.2, 0.25) is 11.8 Å². The van der Waals surface area contributed by atoms with Gasteiger partial charge in [-0.1, -0.05) is 42.5 Å². The monoisotopic (exact) mass is 478 g/mol. The van der Waals surface area contributed by atoms with Gasteiger partial charge in [-0.2, -0.15) is 0 Å². The molecule has 0 aromatic heterocycles. The number of carbonyl (C=O) groups is 3. The van der Waals surface area contributed by atoms with Crippen molar-refractivity contribution in [2.45, 2.75) is 16.6 Å². The Bertz CT molecular complexity index is 1340. The Labute approximate surface area is 197 Å². The molecule has 0 bridgehead atoms. The number of methoxy groups -OCH3 is 1. The van der Waals surface area contributed by atoms with Crippen molar-refractivity contribution in [3.63, 3.8) is 0 Å². The van der Waals surface area contributed by atoms with Gasteiger partial charge in [0.15, 0.2) is 9.84 Å². The summed E-state index contributed by atoms with van der Waals surface area (Å²) >= 11 is 0. The first-order valence-corrected chi connectivity index (χ1v) is 12.0. The van der Waals surface area contributed by atoms with E-state index in [0.717, 1.165) is 0 Å². The SMILES string of the molecule is COC(=O)c1ccc(NC(=O)CN2C(=O)C[C@@H](c3ccccc3)S(=O)(=O)c3ccccc32)cc1. The molecule has 1 atom stereocenters. The fourth-order valence-corrected chi connectivity index (χ4v) is 5.80. The second kappa shape index (κ2) is 9.48. The van der Waals surface area contributed by atoms with Crippen LogP contribution in [0.1, 0.15) is 27.6 Å². The number of fused-ring (bicyclic) bond motifs is 1. The number of nitrogens with zero attached hydrogens (tertiary/aromatic N) is 1. The molecular formula is C25H22N2O6S. The Kier molecular flexibility index (Phi) is 6.47. The zero-order chi connectivity index (χ0) is 24.3. The molecule has 0 unspecified atom stereocenters. The molecule has 0 radical (unpaired) electrons. The number of carbonyl (C=O) groups excluding carboxylic acids is 3. The molecule has 1 aliphatic rings. The number of ether oxygens (including phenoxy) is 1. The highest BCUT2D eigenvalue weighted by molar-refractivity contribution is 7.92. The van der Waals surface area contributed by atoms with E-state index in [4.69, 9.17) is 0 Å². The summed E-state index contributed by atoms with van der Waals surface area (Å²) in [5, 5.41) is 1.62. The number of para-hydroxylation sites is 1. The summed E-state index contributed by atoms with van der Waals surface area (Å²) in [4.78, 5) is 38.8. The van der Waals surface area contributed by atoms with Crippen LogP contribution in [-0.4, -0.2) is 39.9 Å². The van der Waals surface area contributed by atoms with E-state index in [1.807, 2.05) is 0 Å². The van der Waals surface area contributed by atoms with E-state index in [2.05, 4.69) is 10.1 Å². The minimum atomic E-state index is -3.89. The third-order valence-electron chi connectivity index (χ3n) is 5.56. The van der Waals surface area contributed by atoms with Crippen molar-refractivity contribution in [3.05, 3.63) is 90.0 Å². The summed E-state index contributed by atoms with van der Waals surface area (Å²) < 4.78 is 31.6. The molecule has 8 nitrogen and oxygen atoms in total. The number of hydrogen-bond acceptors (Lipinski definition) is 6. The minimum Gasteiger partial charge on any atom is -0.465 e. The van der Waals surface area contributed by atoms with Crippen molar-refractivity contribution >= 4 is 39.0 Å². The molecule has 0 saturated carbocycles. The van der Waals surface area contributed by atoms with Crippen LogP contribution in [0, 0.1) is 0 Å². The van der Waals surface area contributed by atoms with Gasteiger partial charge >= 0.3 is 5.97 Å². The topological polar surface area (TPSA) is 110 Å². The molecule has 3 aromatic carbocycles. The predicted octanol–water partition coefficient (Wildman–Crippen LogP) is 3.36. The summed E-state index contributed by atoms with van der Waals surface area (Å²) in [6.45, 7) is -0.369. The lowest BCUT2D eigenvalue weighted by molar-refractivity contribution is -0.121. The third-order valence-corrected chi connectivity index (χ3v) is 7.71. The quantitative estimate of drug-likeness (QED) is 0.563. The highest BCUT2D eigenvalue weighted by Gasteiger charge is 2.39. The van der Waals surface area contributed by atoms with Gasteiger partial charge in [0.05, 0.1) is 28.5 Å². The van der Waals surface area contributed by atoms with Gasteiger partial charge in [-0.05, 0) is 42.0 Å². The summed E-state index contributed by atoms with van der Waals surface area (Å²) in [5.74, 6) is -1.48. The lowest BCUT2D eigenvalue weighted by atomic mass is 10.1. The summed E-state index contributed by atoms with van der Waals surface area (Å²) in [6, 6.07) is 20.9. The molecular weight excluding hydrogens is 456 g/mol. The Balaban J connectivity index is 1.62. The first-order valence-electron chi connectivity index (χ1n) is 10.5. The fraction of sp³-hybridized carbons (Fsp3) is 0.160. The molecule has 2 amide bonds. The van der Waals surface area contributed by atoms with Crippen molar-refractivity contribution in [2.24, 2.45) is 0 Å². The van der Waals surface area contributed by atoms with Crippen molar-refractivity contribution < 1.29 is 27.5 Å². The van der Waals surface area contributed by atoms with Gasteiger partial charge in [-0.3, -0.25) is 9.59 Å². The highest BCUT2D eigenvalue weighted by atomic mass is 32.2. The normalized spacial score (nSPS) is 16.8. The molecule has 3 aromatic rings. The lowest BCUT2D eigenvalue weighted by Gasteiger charge is -2.21. The van der Waals surface area contributed by atoms with Crippen LogP contribution in [0.3, 0.4) is 0 Å². The minimum absolute atomic E-state index is 0.00457. The standard InChI is InChI=1S/C25H22N2O6S/c1-33-25(30)18-11-13-19(14-12-18)26-23(28)16-27-20-9-5-6-10-21(20)34(31,32)22(15-24(27)29)17-7-3-2-4-8-17/h2-14,22H,15-16H2,1H3,(H,26,28)/t22-/m0/s1. The van der Waals surface area contributed by atoms with Crippen LogP contribution in [0.5, 0.6) is 0 Å². The van der Waals surface area contributed by atoms with E-state index < -0.39 is 32.9 Å². The molecule has 34 heavy (non-hydrogen) atoms. The van der Waals surface area contributed by atoms with Gasteiger partial charge < -0.3 is 15.0 Å². The van der Waals surface area contributed by atoms with Crippen molar-refractivity contribution in [1.29, 1.82) is 0 Å².